The third-order valence-corrected chi connectivity index (χ3v) is 2.00. The smallest absolute Gasteiger partial charge is 0.133 e. The van der Waals surface area contributed by atoms with Gasteiger partial charge in [0, 0.05) is 11.4 Å². The molecule has 12 heavy (non-hydrogen) atoms. The lowest BCUT2D eigenvalue weighted by molar-refractivity contribution is 0.615. The normalized spacial score (nSPS) is 13.5. The maximum atomic E-state index is 5.74. The van der Waals surface area contributed by atoms with E-state index in [0.29, 0.717) is 0 Å². The standard InChI is InChI=1S/C10H11NO/c1-7(11)8-2-3-10-9(6-8)4-5-12-10/h2-7H,11H2,1H3/t7-/m0/s1. The first-order chi connectivity index (χ1) is 5.77. The largest absolute Gasteiger partial charge is 0.464 e. The maximum Gasteiger partial charge on any atom is 0.133 e. The van der Waals surface area contributed by atoms with Crippen LogP contribution >= 0.6 is 0 Å². The molecule has 0 spiro atoms. The van der Waals surface area contributed by atoms with E-state index >= 15 is 0 Å². The fourth-order valence-electron chi connectivity index (χ4n) is 1.27. The second-order valence-corrected chi connectivity index (χ2v) is 3.01. The van der Waals surface area contributed by atoms with Crippen LogP contribution in [0.4, 0.5) is 0 Å². The fraction of sp³-hybridized carbons (Fsp3) is 0.200. The third kappa shape index (κ3) is 1.10. The SMILES string of the molecule is C[C@H](N)c1ccc2occc2c1. The molecule has 0 aliphatic heterocycles. The Balaban J connectivity index is 2.60. The number of nitrogens with two attached hydrogens (primary N) is 1. The summed E-state index contributed by atoms with van der Waals surface area (Å²) in [6, 6.07) is 8.04. The van der Waals surface area contributed by atoms with Gasteiger partial charge in [0.05, 0.1) is 6.26 Å². The molecular formula is C10H11NO. The van der Waals surface area contributed by atoms with Crippen molar-refractivity contribution in [2.24, 2.45) is 5.73 Å². The van der Waals surface area contributed by atoms with Gasteiger partial charge in [-0.15, -0.1) is 0 Å². The highest BCUT2D eigenvalue weighted by Crippen LogP contribution is 2.19. The van der Waals surface area contributed by atoms with Crippen LogP contribution in [-0.2, 0) is 0 Å². The van der Waals surface area contributed by atoms with E-state index < -0.39 is 0 Å². The van der Waals surface area contributed by atoms with Gasteiger partial charge in [-0.05, 0) is 30.7 Å². The van der Waals surface area contributed by atoms with E-state index in [-0.39, 0.29) is 6.04 Å². The van der Waals surface area contributed by atoms with Crippen LogP contribution in [0.3, 0.4) is 0 Å². The Bertz CT molecular complexity index is 389. The summed E-state index contributed by atoms with van der Waals surface area (Å²) in [5.41, 5.74) is 7.80. The summed E-state index contributed by atoms with van der Waals surface area (Å²) in [6.45, 7) is 1.97. The second kappa shape index (κ2) is 2.64. The minimum absolute atomic E-state index is 0.0873. The average Bonchev–Trinajstić information content (AvgIpc) is 2.49. The van der Waals surface area contributed by atoms with Crippen molar-refractivity contribution in [1.82, 2.24) is 0 Å². The van der Waals surface area contributed by atoms with Crippen molar-refractivity contribution >= 4 is 11.0 Å². The van der Waals surface area contributed by atoms with Crippen molar-refractivity contribution in [1.29, 1.82) is 0 Å². The van der Waals surface area contributed by atoms with Gasteiger partial charge in [-0.2, -0.15) is 0 Å². The molecule has 2 N–H and O–H groups in total. The van der Waals surface area contributed by atoms with Gasteiger partial charge in [-0.3, -0.25) is 0 Å². The predicted molar refractivity (Wildman–Crippen MR) is 48.8 cm³/mol. The number of hydrogen-bond acceptors (Lipinski definition) is 2. The van der Waals surface area contributed by atoms with Crippen LogP contribution in [0.1, 0.15) is 18.5 Å². The summed E-state index contributed by atoms with van der Waals surface area (Å²) in [4.78, 5) is 0. The molecule has 0 unspecified atom stereocenters. The maximum absolute atomic E-state index is 5.74. The molecule has 2 nitrogen and oxygen atoms in total. The van der Waals surface area contributed by atoms with Gasteiger partial charge < -0.3 is 10.2 Å². The van der Waals surface area contributed by atoms with Gasteiger partial charge in [0.15, 0.2) is 0 Å². The van der Waals surface area contributed by atoms with Gasteiger partial charge in [0.2, 0.25) is 0 Å². The highest BCUT2D eigenvalue weighted by atomic mass is 16.3. The fourth-order valence-corrected chi connectivity index (χ4v) is 1.27. The molecule has 1 aromatic heterocycles. The Hall–Kier alpha value is -1.28. The average molecular weight is 161 g/mol. The lowest BCUT2D eigenvalue weighted by atomic mass is 10.1. The van der Waals surface area contributed by atoms with Crippen LogP contribution in [-0.4, -0.2) is 0 Å². The quantitative estimate of drug-likeness (QED) is 0.697. The van der Waals surface area contributed by atoms with Crippen LogP contribution in [0.15, 0.2) is 34.9 Å². The van der Waals surface area contributed by atoms with Crippen molar-refractivity contribution < 1.29 is 4.42 Å². The molecule has 1 aromatic carbocycles. The van der Waals surface area contributed by atoms with Gasteiger partial charge in [0.25, 0.3) is 0 Å². The van der Waals surface area contributed by atoms with Crippen LogP contribution in [0, 0.1) is 0 Å². The minimum Gasteiger partial charge on any atom is -0.464 e. The summed E-state index contributed by atoms with van der Waals surface area (Å²) < 4.78 is 5.21. The van der Waals surface area contributed by atoms with Crippen molar-refractivity contribution in [3.63, 3.8) is 0 Å². The first-order valence-corrected chi connectivity index (χ1v) is 4.00. The molecule has 0 aliphatic rings. The Morgan fingerprint density at radius 3 is 2.92 bits per heavy atom. The van der Waals surface area contributed by atoms with Crippen LogP contribution in [0.5, 0.6) is 0 Å². The third-order valence-electron chi connectivity index (χ3n) is 2.00. The highest BCUT2D eigenvalue weighted by Gasteiger charge is 2.01. The van der Waals surface area contributed by atoms with E-state index in [4.69, 9.17) is 10.2 Å². The predicted octanol–water partition coefficient (Wildman–Crippen LogP) is 2.45. The van der Waals surface area contributed by atoms with Crippen LogP contribution < -0.4 is 5.73 Å². The zero-order chi connectivity index (χ0) is 8.55. The Morgan fingerprint density at radius 2 is 2.17 bits per heavy atom. The number of hydrogen-bond donors (Lipinski definition) is 1. The molecule has 1 atom stereocenters. The summed E-state index contributed by atoms with van der Waals surface area (Å²) >= 11 is 0. The highest BCUT2D eigenvalue weighted by molar-refractivity contribution is 5.77. The van der Waals surface area contributed by atoms with Crippen LogP contribution in [0.2, 0.25) is 0 Å². The first kappa shape index (κ1) is 7.37. The minimum atomic E-state index is 0.0873. The molecule has 0 radical (unpaired) electrons. The molecule has 0 bridgehead atoms. The molecule has 2 heteroatoms. The first-order valence-electron chi connectivity index (χ1n) is 4.00. The number of benzene rings is 1. The topological polar surface area (TPSA) is 39.2 Å². The van der Waals surface area contributed by atoms with Gasteiger partial charge in [-0.25, -0.2) is 0 Å². The Kier molecular flexibility index (Phi) is 1.62. The molecule has 2 rings (SSSR count). The zero-order valence-electron chi connectivity index (χ0n) is 6.95. The van der Waals surface area contributed by atoms with E-state index in [2.05, 4.69) is 6.07 Å². The molecule has 0 fully saturated rings. The van der Waals surface area contributed by atoms with Crippen molar-refractivity contribution in [2.75, 3.05) is 0 Å². The van der Waals surface area contributed by atoms with Crippen molar-refractivity contribution in [3.8, 4) is 0 Å². The van der Waals surface area contributed by atoms with E-state index in [9.17, 15) is 0 Å². The van der Waals surface area contributed by atoms with Crippen LogP contribution in [0.25, 0.3) is 11.0 Å². The summed E-state index contributed by atoms with van der Waals surface area (Å²) in [5, 5.41) is 1.12. The number of rotatable bonds is 1. The molecular weight excluding hydrogens is 150 g/mol. The monoisotopic (exact) mass is 161 g/mol. The van der Waals surface area contributed by atoms with Gasteiger partial charge in [-0.1, -0.05) is 6.07 Å². The van der Waals surface area contributed by atoms with E-state index in [0.717, 1.165) is 16.5 Å². The molecule has 2 aromatic rings. The lowest BCUT2D eigenvalue weighted by Gasteiger charge is -2.03. The molecule has 0 aliphatic carbocycles. The molecule has 0 saturated heterocycles. The van der Waals surface area contributed by atoms with E-state index in [1.54, 1.807) is 6.26 Å². The summed E-state index contributed by atoms with van der Waals surface area (Å²) in [5.74, 6) is 0. The molecule has 62 valence electrons. The van der Waals surface area contributed by atoms with E-state index in [1.165, 1.54) is 0 Å². The molecule has 0 amide bonds. The van der Waals surface area contributed by atoms with E-state index in [1.807, 2.05) is 25.1 Å². The Labute approximate surface area is 71.0 Å². The number of furan rings is 1. The van der Waals surface area contributed by atoms with Gasteiger partial charge in [0.1, 0.15) is 5.58 Å². The van der Waals surface area contributed by atoms with Crippen molar-refractivity contribution in [2.45, 2.75) is 13.0 Å². The molecule has 1 heterocycles. The summed E-state index contributed by atoms with van der Waals surface area (Å²) in [7, 11) is 0. The summed E-state index contributed by atoms with van der Waals surface area (Å²) in [6.07, 6.45) is 1.69. The Morgan fingerprint density at radius 1 is 1.33 bits per heavy atom. The van der Waals surface area contributed by atoms with Gasteiger partial charge >= 0.3 is 0 Å². The van der Waals surface area contributed by atoms with Crippen molar-refractivity contribution in [3.05, 3.63) is 36.1 Å². The number of fused-ring (bicyclic) bond motifs is 1. The second-order valence-electron chi connectivity index (χ2n) is 3.01. The molecule has 0 saturated carbocycles. The lowest BCUT2D eigenvalue weighted by Crippen LogP contribution is -2.03. The zero-order valence-corrected chi connectivity index (χ0v) is 6.95.